The summed E-state index contributed by atoms with van der Waals surface area (Å²) in [5, 5.41) is 13.4. The maximum atomic E-state index is 13.8. The number of carbonyl (C=O) groups excluding carboxylic acids is 3. The lowest BCUT2D eigenvalue weighted by Crippen LogP contribution is -2.63. The number of carbonyl (C=O) groups is 3. The molecule has 0 saturated carbocycles. The molecule has 218 valence electrons. The molecule has 0 bridgehead atoms. The smallest absolute Gasteiger partial charge is 0.261 e. The average Bonchev–Trinajstić information content (AvgIpc) is 3.36. The molecule has 12 nitrogen and oxygen atoms in total. The van der Waals surface area contributed by atoms with Crippen molar-refractivity contribution in [3.63, 3.8) is 0 Å². The van der Waals surface area contributed by atoms with Gasteiger partial charge in [-0.05, 0) is 43.2 Å². The first-order valence-electron chi connectivity index (χ1n) is 12.6. The fourth-order valence-electron chi connectivity index (χ4n) is 4.61. The second kappa shape index (κ2) is 12.5. The zero-order valence-electron chi connectivity index (χ0n) is 22.0. The standard InChI is InChI=1S/C25H31ClN4O8S2/c1-3-16-18(29-9-11-37-14-22(29)31)5-4-6-20(16)40(35,36)28-17(13-27-23(32)19-7-8-21(26)39-19)24(33)30-10-12-38-15-25(30,2)34/h4-8,17,28,34H,3,9-15H2,1-2H3,(H,27,32)/t17-,25+/m0/s1. The van der Waals surface area contributed by atoms with Crippen LogP contribution in [0.4, 0.5) is 5.69 Å². The number of thiophene rings is 1. The van der Waals surface area contributed by atoms with Crippen LogP contribution in [0.2, 0.25) is 4.34 Å². The third kappa shape index (κ3) is 6.65. The van der Waals surface area contributed by atoms with Crippen molar-refractivity contribution >= 4 is 56.4 Å². The summed E-state index contributed by atoms with van der Waals surface area (Å²) in [6.45, 7) is 3.25. The Morgan fingerprint density at radius 1 is 1.20 bits per heavy atom. The molecule has 1 aromatic heterocycles. The Bertz CT molecular complexity index is 1380. The van der Waals surface area contributed by atoms with Crippen molar-refractivity contribution in [3.8, 4) is 0 Å². The van der Waals surface area contributed by atoms with Crippen molar-refractivity contribution in [2.45, 2.75) is 36.9 Å². The van der Waals surface area contributed by atoms with E-state index in [0.29, 0.717) is 22.2 Å². The van der Waals surface area contributed by atoms with Crippen LogP contribution in [0.3, 0.4) is 0 Å². The number of amides is 3. The molecule has 15 heteroatoms. The SMILES string of the molecule is CCc1c(N2CCOCC2=O)cccc1S(=O)(=O)N[C@@H](CNC(=O)c1ccc(Cl)s1)C(=O)N1CCOC[C@@]1(C)O. The minimum atomic E-state index is -4.36. The van der Waals surface area contributed by atoms with Gasteiger partial charge in [-0.2, -0.15) is 4.72 Å². The fraction of sp³-hybridized carbons (Fsp3) is 0.480. The number of ether oxygens (including phenoxy) is 2. The molecule has 0 unspecified atom stereocenters. The van der Waals surface area contributed by atoms with Gasteiger partial charge in [0, 0.05) is 25.3 Å². The van der Waals surface area contributed by atoms with Gasteiger partial charge >= 0.3 is 0 Å². The lowest BCUT2D eigenvalue weighted by atomic mass is 10.1. The van der Waals surface area contributed by atoms with Gasteiger partial charge in [0.05, 0.1) is 33.9 Å². The molecule has 0 spiro atoms. The highest BCUT2D eigenvalue weighted by molar-refractivity contribution is 7.89. The largest absolute Gasteiger partial charge is 0.375 e. The van der Waals surface area contributed by atoms with Gasteiger partial charge in [0.25, 0.3) is 11.8 Å². The number of anilines is 1. The predicted octanol–water partition coefficient (Wildman–Crippen LogP) is 0.971. The van der Waals surface area contributed by atoms with Crippen LogP contribution in [0.1, 0.15) is 29.1 Å². The first-order valence-corrected chi connectivity index (χ1v) is 15.3. The van der Waals surface area contributed by atoms with E-state index in [1.54, 1.807) is 19.1 Å². The minimum absolute atomic E-state index is 0.0212. The highest BCUT2D eigenvalue weighted by atomic mass is 35.5. The van der Waals surface area contributed by atoms with Gasteiger partial charge in [0.2, 0.25) is 15.9 Å². The van der Waals surface area contributed by atoms with Crippen LogP contribution in [0.15, 0.2) is 35.2 Å². The van der Waals surface area contributed by atoms with Crippen LogP contribution < -0.4 is 14.9 Å². The molecule has 1 aromatic carbocycles. The molecule has 3 heterocycles. The number of nitrogens with zero attached hydrogens (tertiary/aromatic N) is 2. The quantitative estimate of drug-likeness (QED) is 0.378. The summed E-state index contributed by atoms with van der Waals surface area (Å²) >= 11 is 6.96. The van der Waals surface area contributed by atoms with Gasteiger partial charge in [-0.15, -0.1) is 11.3 Å². The van der Waals surface area contributed by atoms with Crippen molar-refractivity contribution in [1.29, 1.82) is 0 Å². The van der Waals surface area contributed by atoms with E-state index in [1.807, 2.05) is 0 Å². The zero-order valence-corrected chi connectivity index (χ0v) is 24.4. The number of hydrogen-bond donors (Lipinski definition) is 3. The number of morpholine rings is 2. The Morgan fingerprint density at radius 3 is 2.60 bits per heavy atom. The van der Waals surface area contributed by atoms with E-state index in [4.69, 9.17) is 21.1 Å². The van der Waals surface area contributed by atoms with Gasteiger partial charge in [-0.3, -0.25) is 14.4 Å². The van der Waals surface area contributed by atoms with Crippen LogP contribution in [0.5, 0.6) is 0 Å². The first-order chi connectivity index (χ1) is 18.9. The van der Waals surface area contributed by atoms with Crippen molar-refractivity contribution in [3.05, 3.63) is 45.1 Å². The Kier molecular flexibility index (Phi) is 9.50. The monoisotopic (exact) mass is 614 g/mol. The molecular formula is C25H31ClN4O8S2. The molecular weight excluding hydrogens is 584 g/mol. The number of halogens is 1. The van der Waals surface area contributed by atoms with E-state index in [0.717, 1.165) is 16.2 Å². The molecule has 4 rings (SSSR count). The molecule has 2 aromatic rings. The Balaban J connectivity index is 1.65. The average molecular weight is 615 g/mol. The summed E-state index contributed by atoms with van der Waals surface area (Å²) in [6.07, 6.45) is 0.281. The third-order valence-electron chi connectivity index (χ3n) is 6.57. The van der Waals surface area contributed by atoms with E-state index >= 15 is 0 Å². The molecule has 2 saturated heterocycles. The van der Waals surface area contributed by atoms with Crippen LogP contribution >= 0.6 is 22.9 Å². The van der Waals surface area contributed by atoms with Crippen LogP contribution in [0.25, 0.3) is 0 Å². The minimum Gasteiger partial charge on any atom is -0.375 e. The van der Waals surface area contributed by atoms with Crippen molar-refractivity contribution in [2.24, 2.45) is 0 Å². The number of sulfonamides is 1. The summed E-state index contributed by atoms with van der Waals surface area (Å²) in [6, 6.07) is 6.19. The number of nitrogens with one attached hydrogen (secondary N) is 2. The lowest BCUT2D eigenvalue weighted by molar-refractivity contribution is -0.191. The van der Waals surface area contributed by atoms with Gasteiger partial charge in [-0.1, -0.05) is 24.6 Å². The van der Waals surface area contributed by atoms with Crippen molar-refractivity contribution in [2.75, 3.05) is 51.0 Å². The molecule has 0 aliphatic carbocycles. The van der Waals surface area contributed by atoms with Crippen LogP contribution in [0, 0.1) is 0 Å². The molecule has 3 amide bonds. The van der Waals surface area contributed by atoms with Gasteiger partial charge in [-0.25, -0.2) is 8.42 Å². The molecule has 3 N–H and O–H groups in total. The summed E-state index contributed by atoms with van der Waals surface area (Å²) in [4.78, 5) is 41.6. The second-order valence-corrected chi connectivity index (χ2v) is 12.8. The Hall–Kier alpha value is -2.59. The second-order valence-electron chi connectivity index (χ2n) is 9.45. The van der Waals surface area contributed by atoms with E-state index in [-0.39, 0.29) is 55.0 Å². The highest BCUT2D eigenvalue weighted by Gasteiger charge is 2.41. The van der Waals surface area contributed by atoms with E-state index in [9.17, 15) is 27.9 Å². The number of aliphatic hydroxyl groups is 1. The van der Waals surface area contributed by atoms with Crippen molar-refractivity contribution < 1.29 is 37.4 Å². The first kappa shape index (κ1) is 30.4. The van der Waals surface area contributed by atoms with E-state index in [1.165, 1.54) is 30.0 Å². The number of rotatable bonds is 9. The maximum absolute atomic E-state index is 13.8. The highest BCUT2D eigenvalue weighted by Crippen LogP contribution is 2.29. The van der Waals surface area contributed by atoms with E-state index in [2.05, 4.69) is 10.0 Å². The molecule has 40 heavy (non-hydrogen) atoms. The summed E-state index contributed by atoms with van der Waals surface area (Å²) in [5.74, 6) is -1.56. The van der Waals surface area contributed by atoms with E-state index < -0.39 is 40.1 Å². The number of hydrogen-bond acceptors (Lipinski definition) is 9. The molecule has 2 aliphatic heterocycles. The molecule has 2 aliphatic rings. The summed E-state index contributed by atoms with van der Waals surface area (Å²) < 4.78 is 40.9. The lowest BCUT2D eigenvalue weighted by Gasteiger charge is -2.42. The maximum Gasteiger partial charge on any atom is 0.261 e. The van der Waals surface area contributed by atoms with Crippen LogP contribution in [-0.4, -0.2) is 94.0 Å². The molecule has 2 atom stereocenters. The van der Waals surface area contributed by atoms with Gasteiger partial charge in [0.1, 0.15) is 12.6 Å². The fourth-order valence-corrected chi connectivity index (χ4v) is 7.09. The normalized spacial score (nSPS) is 20.9. The zero-order chi connectivity index (χ0) is 29.1. The summed E-state index contributed by atoms with van der Waals surface area (Å²) in [5.41, 5.74) is -0.845. The third-order valence-corrected chi connectivity index (χ3v) is 9.36. The Labute approximate surface area is 241 Å². The topological polar surface area (TPSA) is 155 Å². The summed E-state index contributed by atoms with van der Waals surface area (Å²) in [7, 11) is -4.36. The number of benzene rings is 1. The van der Waals surface area contributed by atoms with Crippen molar-refractivity contribution in [1.82, 2.24) is 14.9 Å². The van der Waals surface area contributed by atoms with Gasteiger partial charge < -0.3 is 29.7 Å². The molecule has 0 radical (unpaired) electrons. The Morgan fingerprint density at radius 2 is 1.95 bits per heavy atom. The predicted molar refractivity (Wildman–Crippen MR) is 148 cm³/mol. The van der Waals surface area contributed by atoms with Gasteiger partial charge in [0.15, 0.2) is 5.72 Å². The van der Waals surface area contributed by atoms with Crippen LogP contribution in [-0.2, 0) is 35.5 Å². The molecule has 2 fully saturated rings.